The molecule has 1 aliphatic heterocycles. The fraction of sp³-hybridized carbons (Fsp3) is 0.316. The maximum absolute atomic E-state index is 13.3. The molecule has 2 aromatic carbocycles. The van der Waals surface area contributed by atoms with Gasteiger partial charge in [-0.15, -0.1) is 0 Å². The van der Waals surface area contributed by atoms with Crippen LogP contribution >= 0.6 is 0 Å². The Bertz CT molecular complexity index is 906. The number of hydrogen-bond acceptors (Lipinski definition) is 2. The van der Waals surface area contributed by atoms with Crippen LogP contribution < -0.4 is 5.69 Å². The highest BCUT2D eigenvalue weighted by molar-refractivity contribution is 5.75. The molecule has 1 saturated heterocycles. The van der Waals surface area contributed by atoms with Crippen LogP contribution in [0.15, 0.2) is 53.3 Å². The van der Waals surface area contributed by atoms with Crippen LogP contribution in [-0.4, -0.2) is 27.5 Å². The largest absolute Gasteiger partial charge is 0.326 e. The standard InChI is InChI=1S/C19H20FN3O/c20-15-5-3-4-14(12-15)13-22-10-8-16(9-11-22)23-18-7-2-1-6-17(18)21-19(23)24/h1-7,12,16H,8-11,13H2,(H,21,24). The van der Waals surface area contributed by atoms with Gasteiger partial charge >= 0.3 is 5.69 Å². The number of benzene rings is 2. The Morgan fingerprint density at radius 1 is 1.08 bits per heavy atom. The number of H-pyrrole nitrogens is 1. The van der Waals surface area contributed by atoms with Crippen LogP contribution in [0.5, 0.6) is 0 Å². The third-order valence-electron chi connectivity index (χ3n) is 4.84. The maximum Gasteiger partial charge on any atom is 0.326 e. The van der Waals surface area contributed by atoms with E-state index < -0.39 is 0 Å². The van der Waals surface area contributed by atoms with Gasteiger partial charge in [0.05, 0.1) is 11.0 Å². The average Bonchev–Trinajstić information content (AvgIpc) is 2.91. The number of rotatable bonds is 3. The number of halogens is 1. The van der Waals surface area contributed by atoms with Crippen molar-refractivity contribution in [2.75, 3.05) is 13.1 Å². The number of nitrogens with zero attached hydrogens (tertiary/aromatic N) is 2. The van der Waals surface area contributed by atoms with E-state index in [1.807, 2.05) is 34.9 Å². The predicted molar refractivity (Wildman–Crippen MR) is 92.5 cm³/mol. The molecule has 0 spiro atoms. The molecule has 2 heterocycles. The molecule has 0 aliphatic carbocycles. The summed E-state index contributed by atoms with van der Waals surface area (Å²) in [6, 6.07) is 14.8. The first-order chi connectivity index (χ1) is 11.7. The fourth-order valence-electron chi connectivity index (χ4n) is 3.67. The van der Waals surface area contributed by atoms with Crippen LogP contribution in [0.2, 0.25) is 0 Å². The van der Waals surface area contributed by atoms with E-state index in [2.05, 4.69) is 9.88 Å². The second kappa shape index (κ2) is 6.24. The molecule has 0 unspecified atom stereocenters. The number of likely N-dealkylation sites (tertiary alicyclic amines) is 1. The molecule has 0 radical (unpaired) electrons. The molecule has 1 fully saturated rings. The number of aromatic amines is 1. The minimum absolute atomic E-state index is 0.0280. The third-order valence-corrected chi connectivity index (χ3v) is 4.84. The summed E-state index contributed by atoms with van der Waals surface area (Å²) in [6.45, 7) is 2.58. The van der Waals surface area contributed by atoms with E-state index in [1.54, 1.807) is 12.1 Å². The van der Waals surface area contributed by atoms with Gasteiger partial charge in [0, 0.05) is 25.7 Å². The molecular weight excluding hydrogens is 305 g/mol. The van der Waals surface area contributed by atoms with Crippen LogP contribution in [0.3, 0.4) is 0 Å². The Hall–Kier alpha value is -2.40. The SMILES string of the molecule is O=c1[nH]c2ccccc2n1C1CCN(Cc2cccc(F)c2)CC1. The first-order valence-electron chi connectivity index (χ1n) is 8.37. The number of para-hydroxylation sites is 2. The van der Waals surface area contributed by atoms with E-state index in [9.17, 15) is 9.18 Å². The number of piperidine rings is 1. The molecule has 5 heteroatoms. The summed E-state index contributed by atoms with van der Waals surface area (Å²) in [5.74, 6) is -0.187. The lowest BCUT2D eigenvalue weighted by atomic mass is 10.0. The molecule has 0 atom stereocenters. The summed E-state index contributed by atoms with van der Waals surface area (Å²) in [7, 11) is 0. The van der Waals surface area contributed by atoms with Gasteiger partial charge in [-0.1, -0.05) is 24.3 Å². The van der Waals surface area contributed by atoms with Crippen LogP contribution in [0.1, 0.15) is 24.4 Å². The smallest absolute Gasteiger partial charge is 0.306 e. The van der Waals surface area contributed by atoms with Gasteiger partial charge in [-0.25, -0.2) is 9.18 Å². The molecule has 24 heavy (non-hydrogen) atoms. The lowest BCUT2D eigenvalue weighted by molar-refractivity contribution is 0.180. The van der Waals surface area contributed by atoms with E-state index in [1.165, 1.54) is 6.07 Å². The molecule has 4 rings (SSSR count). The zero-order chi connectivity index (χ0) is 16.5. The quantitative estimate of drug-likeness (QED) is 0.803. The van der Waals surface area contributed by atoms with Crippen molar-refractivity contribution in [1.82, 2.24) is 14.5 Å². The summed E-state index contributed by atoms with van der Waals surface area (Å²) in [4.78, 5) is 17.6. The number of imidazole rings is 1. The first-order valence-corrected chi connectivity index (χ1v) is 8.37. The molecule has 1 aromatic heterocycles. The number of hydrogen-bond donors (Lipinski definition) is 1. The molecule has 4 nitrogen and oxygen atoms in total. The van der Waals surface area contributed by atoms with Crippen LogP contribution in [0.4, 0.5) is 4.39 Å². The molecule has 0 amide bonds. The van der Waals surface area contributed by atoms with Gasteiger partial charge in [0.1, 0.15) is 5.82 Å². The second-order valence-electron chi connectivity index (χ2n) is 6.45. The van der Waals surface area contributed by atoms with E-state index >= 15 is 0 Å². The van der Waals surface area contributed by atoms with Gasteiger partial charge in [-0.3, -0.25) is 9.47 Å². The lowest BCUT2D eigenvalue weighted by Gasteiger charge is -2.32. The van der Waals surface area contributed by atoms with Gasteiger partial charge in [0.2, 0.25) is 0 Å². The van der Waals surface area contributed by atoms with Crippen LogP contribution in [0.25, 0.3) is 11.0 Å². The number of nitrogens with one attached hydrogen (secondary N) is 1. The van der Waals surface area contributed by atoms with E-state index in [4.69, 9.17) is 0 Å². The lowest BCUT2D eigenvalue weighted by Crippen LogP contribution is -2.36. The van der Waals surface area contributed by atoms with E-state index in [0.717, 1.165) is 49.1 Å². The van der Waals surface area contributed by atoms with Crippen LogP contribution in [-0.2, 0) is 6.54 Å². The van der Waals surface area contributed by atoms with Crippen molar-refractivity contribution in [2.24, 2.45) is 0 Å². The summed E-state index contributed by atoms with van der Waals surface area (Å²) in [5, 5.41) is 0. The summed E-state index contributed by atoms with van der Waals surface area (Å²) in [5.41, 5.74) is 2.84. The third kappa shape index (κ3) is 2.87. The zero-order valence-electron chi connectivity index (χ0n) is 13.4. The molecule has 124 valence electrons. The normalized spacial score (nSPS) is 16.7. The Labute approximate surface area is 139 Å². The Morgan fingerprint density at radius 3 is 2.67 bits per heavy atom. The average molecular weight is 325 g/mol. The van der Waals surface area contributed by atoms with Crippen molar-refractivity contribution in [3.8, 4) is 0 Å². The molecular formula is C19H20FN3O. The molecule has 1 N–H and O–H groups in total. The molecule has 0 saturated carbocycles. The van der Waals surface area contributed by atoms with Crippen molar-refractivity contribution in [1.29, 1.82) is 0 Å². The highest BCUT2D eigenvalue weighted by Gasteiger charge is 2.23. The van der Waals surface area contributed by atoms with Crippen molar-refractivity contribution in [2.45, 2.75) is 25.4 Å². The van der Waals surface area contributed by atoms with Crippen molar-refractivity contribution in [3.63, 3.8) is 0 Å². The van der Waals surface area contributed by atoms with Crippen molar-refractivity contribution < 1.29 is 4.39 Å². The highest BCUT2D eigenvalue weighted by Crippen LogP contribution is 2.25. The number of fused-ring (bicyclic) bond motifs is 1. The van der Waals surface area contributed by atoms with Crippen molar-refractivity contribution in [3.05, 3.63) is 70.4 Å². The van der Waals surface area contributed by atoms with Gasteiger partial charge in [-0.2, -0.15) is 0 Å². The first kappa shape index (κ1) is 15.1. The minimum Gasteiger partial charge on any atom is -0.306 e. The minimum atomic E-state index is -0.187. The van der Waals surface area contributed by atoms with Gasteiger partial charge in [0.25, 0.3) is 0 Å². The Morgan fingerprint density at radius 2 is 1.88 bits per heavy atom. The van der Waals surface area contributed by atoms with Gasteiger partial charge in [0.15, 0.2) is 0 Å². The fourth-order valence-corrected chi connectivity index (χ4v) is 3.67. The van der Waals surface area contributed by atoms with Gasteiger partial charge in [-0.05, 0) is 42.7 Å². The Balaban J connectivity index is 1.48. The summed E-state index contributed by atoms with van der Waals surface area (Å²) < 4.78 is 15.2. The Kier molecular flexibility index (Phi) is 3.94. The predicted octanol–water partition coefficient (Wildman–Crippen LogP) is 3.31. The highest BCUT2D eigenvalue weighted by atomic mass is 19.1. The molecule has 0 bridgehead atoms. The van der Waals surface area contributed by atoms with Gasteiger partial charge < -0.3 is 4.98 Å². The molecule has 1 aliphatic rings. The van der Waals surface area contributed by atoms with Crippen LogP contribution in [0, 0.1) is 5.82 Å². The second-order valence-corrected chi connectivity index (χ2v) is 6.45. The monoisotopic (exact) mass is 325 g/mol. The van der Waals surface area contributed by atoms with E-state index in [-0.39, 0.29) is 17.5 Å². The molecule has 3 aromatic rings. The zero-order valence-corrected chi connectivity index (χ0v) is 13.4. The maximum atomic E-state index is 13.3. The van der Waals surface area contributed by atoms with Crippen molar-refractivity contribution >= 4 is 11.0 Å². The van der Waals surface area contributed by atoms with E-state index in [0.29, 0.717) is 0 Å². The number of aromatic nitrogens is 2. The summed E-state index contributed by atoms with van der Waals surface area (Å²) in [6.07, 6.45) is 1.86. The topological polar surface area (TPSA) is 41.0 Å². The summed E-state index contributed by atoms with van der Waals surface area (Å²) >= 11 is 0.